The number of aryl methyl sites for hydroxylation is 2. The van der Waals surface area contributed by atoms with Crippen molar-refractivity contribution < 1.29 is 5.11 Å². The van der Waals surface area contributed by atoms with E-state index in [0.29, 0.717) is 12.5 Å². The van der Waals surface area contributed by atoms with E-state index in [2.05, 4.69) is 32.0 Å². The quantitative estimate of drug-likeness (QED) is 0.765. The van der Waals surface area contributed by atoms with E-state index in [1.165, 1.54) is 16.7 Å². The fourth-order valence-corrected chi connectivity index (χ4v) is 1.76. The minimum absolute atomic E-state index is 0.204. The van der Waals surface area contributed by atoms with Crippen LogP contribution in [0.4, 0.5) is 0 Å². The molecule has 0 heterocycles. The van der Waals surface area contributed by atoms with Crippen LogP contribution in [0.5, 0.6) is 0 Å². The summed E-state index contributed by atoms with van der Waals surface area (Å²) in [6, 6.07) is 6.39. The monoisotopic (exact) mass is 193 g/mol. The molecule has 0 amide bonds. The normalized spacial score (nSPS) is 12.9. The first kappa shape index (κ1) is 11.2. The summed E-state index contributed by atoms with van der Waals surface area (Å²) in [5.74, 6) is 0.292. The summed E-state index contributed by atoms with van der Waals surface area (Å²) in [5.41, 5.74) is 9.49. The molecule has 1 unspecified atom stereocenters. The molecule has 0 aliphatic heterocycles. The molecule has 1 aromatic rings. The van der Waals surface area contributed by atoms with E-state index in [1.807, 2.05) is 0 Å². The van der Waals surface area contributed by atoms with Crippen molar-refractivity contribution in [2.45, 2.75) is 26.2 Å². The van der Waals surface area contributed by atoms with Crippen LogP contribution in [0.1, 0.15) is 29.0 Å². The van der Waals surface area contributed by atoms with Crippen LogP contribution in [-0.2, 0) is 0 Å². The van der Waals surface area contributed by atoms with Crippen molar-refractivity contribution in [3.63, 3.8) is 0 Å². The second kappa shape index (κ2) is 5.13. The fourth-order valence-electron chi connectivity index (χ4n) is 1.76. The maximum atomic E-state index is 8.93. The van der Waals surface area contributed by atoms with Crippen LogP contribution < -0.4 is 5.73 Å². The molecule has 0 fully saturated rings. The molecule has 0 saturated carbocycles. The van der Waals surface area contributed by atoms with Gasteiger partial charge in [-0.15, -0.1) is 0 Å². The summed E-state index contributed by atoms with van der Waals surface area (Å²) in [6.45, 7) is 4.98. The summed E-state index contributed by atoms with van der Waals surface area (Å²) in [5, 5.41) is 8.93. The molecule has 0 aromatic heterocycles. The van der Waals surface area contributed by atoms with E-state index in [-0.39, 0.29) is 6.61 Å². The third-order valence-corrected chi connectivity index (χ3v) is 2.64. The zero-order valence-electron chi connectivity index (χ0n) is 8.96. The highest BCUT2D eigenvalue weighted by molar-refractivity contribution is 5.33. The lowest BCUT2D eigenvalue weighted by atomic mass is 9.91. The molecular formula is C12H19NO. The summed E-state index contributed by atoms with van der Waals surface area (Å²) in [7, 11) is 0. The maximum absolute atomic E-state index is 8.93. The Balaban J connectivity index is 2.96. The van der Waals surface area contributed by atoms with Crippen molar-refractivity contribution in [1.29, 1.82) is 0 Å². The lowest BCUT2D eigenvalue weighted by Gasteiger charge is -2.17. The molecular weight excluding hydrogens is 174 g/mol. The van der Waals surface area contributed by atoms with Gasteiger partial charge >= 0.3 is 0 Å². The minimum Gasteiger partial charge on any atom is -0.396 e. The highest BCUT2D eigenvalue weighted by atomic mass is 16.3. The second-order valence-corrected chi connectivity index (χ2v) is 3.80. The summed E-state index contributed by atoms with van der Waals surface area (Å²) in [4.78, 5) is 0. The number of rotatable bonds is 4. The first-order chi connectivity index (χ1) is 6.69. The zero-order chi connectivity index (χ0) is 10.6. The van der Waals surface area contributed by atoms with Gasteiger partial charge in [0.1, 0.15) is 0 Å². The molecule has 0 saturated heterocycles. The molecule has 0 radical (unpaired) electrons. The largest absolute Gasteiger partial charge is 0.396 e. The molecule has 1 atom stereocenters. The lowest BCUT2D eigenvalue weighted by Crippen LogP contribution is -2.15. The summed E-state index contributed by atoms with van der Waals surface area (Å²) < 4.78 is 0. The number of nitrogens with two attached hydrogens (primary N) is 1. The van der Waals surface area contributed by atoms with E-state index in [9.17, 15) is 0 Å². The smallest absolute Gasteiger partial charge is 0.0437 e. The Morgan fingerprint density at radius 1 is 1.36 bits per heavy atom. The molecule has 0 bridgehead atoms. The minimum atomic E-state index is 0.204. The number of hydrogen-bond donors (Lipinski definition) is 2. The molecule has 3 N–H and O–H groups in total. The van der Waals surface area contributed by atoms with Gasteiger partial charge in [0.2, 0.25) is 0 Å². The Bertz CT molecular complexity index is 296. The van der Waals surface area contributed by atoms with Gasteiger partial charge < -0.3 is 10.8 Å². The zero-order valence-corrected chi connectivity index (χ0v) is 8.96. The van der Waals surface area contributed by atoms with Crippen molar-refractivity contribution in [3.8, 4) is 0 Å². The molecule has 1 aromatic carbocycles. The first-order valence-corrected chi connectivity index (χ1v) is 5.07. The van der Waals surface area contributed by atoms with Crippen molar-refractivity contribution >= 4 is 0 Å². The van der Waals surface area contributed by atoms with Crippen molar-refractivity contribution in [2.75, 3.05) is 13.2 Å². The topological polar surface area (TPSA) is 46.2 Å². The number of benzene rings is 1. The van der Waals surface area contributed by atoms with Gasteiger partial charge in [-0.2, -0.15) is 0 Å². The van der Waals surface area contributed by atoms with Gasteiger partial charge in [-0.05, 0) is 43.9 Å². The molecule has 2 nitrogen and oxygen atoms in total. The van der Waals surface area contributed by atoms with E-state index in [1.54, 1.807) is 0 Å². The van der Waals surface area contributed by atoms with Gasteiger partial charge in [0, 0.05) is 6.61 Å². The number of aliphatic hydroxyl groups excluding tert-OH is 1. The van der Waals surface area contributed by atoms with Gasteiger partial charge in [0.05, 0.1) is 0 Å². The van der Waals surface area contributed by atoms with Crippen molar-refractivity contribution in [2.24, 2.45) is 5.73 Å². The average molecular weight is 193 g/mol. The van der Waals surface area contributed by atoms with Gasteiger partial charge in [-0.25, -0.2) is 0 Å². The summed E-state index contributed by atoms with van der Waals surface area (Å²) in [6.07, 6.45) is 0.751. The van der Waals surface area contributed by atoms with Crippen LogP contribution in [-0.4, -0.2) is 18.3 Å². The fraction of sp³-hybridized carbons (Fsp3) is 0.500. The van der Waals surface area contributed by atoms with Crippen LogP contribution >= 0.6 is 0 Å². The van der Waals surface area contributed by atoms with Crippen LogP contribution in [0.15, 0.2) is 18.2 Å². The Morgan fingerprint density at radius 2 is 2.07 bits per heavy atom. The summed E-state index contributed by atoms with van der Waals surface area (Å²) >= 11 is 0. The van der Waals surface area contributed by atoms with Gasteiger partial charge in [-0.1, -0.05) is 23.8 Å². The average Bonchev–Trinajstić information content (AvgIpc) is 2.18. The second-order valence-electron chi connectivity index (χ2n) is 3.80. The number of aliphatic hydroxyl groups is 1. The van der Waals surface area contributed by atoms with Crippen LogP contribution in [0.3, 0.4) is 0 Å². The SMILES string of the molecule is Cc1ccc(C)c(C(CN)CCO)c1. The Labute approximate surface area is 85.8 Å². The Hall–Kier alpha value is -0.860. The van der Waals surface area contributed by atoms with Crippen LogP contribution in [0, 0.1) is 13.8 Å². The highest BCUT2D eigenvalue weighted by Crippen LogP contribution is 2.22. The molecule has 14 heavy (non-hydrogen) atoms. The van der Waals surface area contributed by atoms with E-state index in [0.717, 1.165) is 6.42 Å². The van der Waals surface area contributed by atoms with Crippen LogP contribution in [0.25, 0.3) is 0 Å². The Morgan fingerprint density at radius 3 is 2.64 bits per heavy atom. The molecule has 2 heteroatoms. The highest BCUT2D eigenvalue weighted by Gasteiger charge is 2.11. The predicted molar refractivity (Wildman–Crippen MR) is 59.4 cm³/mol. The lowest BCUT2D eigenvalue weighted by molar-refractivity contribution is 0.276. The molecule has 78 valence electrons. The molecule has 0 aliphatic rings. The molecule has 1 rings (SSSR count). The third-order valence-electron chi connectivity index (χ3n) is 2.64. The van der Waals surface area contributed by atoms with Gasteiger partial charge in [-0.3, -0.25) is 0 Å². The standard InChI is InChI=1S/C12H19NO/c1-9-3-4-10(2)12(7-9)11(8-13)5-6-14/h3-4,7,11,14H,5-6,8,13H2,1-2H3. The van der Waals surface area contributed by atoms with E-state index in [4.69, 9.17) is 10.8 Å². The van der Waals surface area contributed by atoms with E-state index < -0.39 is 0 Å². The van der Waals surface area contributed by atoms with E-state index >= 15 is 0 Å². The van der Waals surface area contributed by atoms with Gasteiger partial charge in [0.15, 0.2) is 0 Å². The maximum Gasteiger partial charge on any atom is 0.0437 e. The molecule has 0 aliphatic carbocycles. The van der Waals surface area contributed by atoms with Crippen molar-refractivity contribution in [3.05, 3.63) is 34.9 Å². The Kier molecular flexibility index (Phi) is 4.11. The number of hydrogen-bond acceptors (Lipinski definition) is 2. The predicted octanol–water partition coefficient (Wildman–Crippen LogP) is 1.73. The third kappa shape index (κ3) is 2.56. The van der Waals surface area contributed by atoms with Gasteiger partial charge in [0.25, 0.3) is 0 Å². The van der Waals surface area contributed by atoms with Crippen LogP contribution in [0.2, 0.25) is 0 Å². The first-order valence-electron chi connectivity index (χ1n) is 5.07. The molecule has 0 spiro atoms. The van der Waals surface area contributed by atoms with Crippen molar-refractivity contribution in [1.82, 2.24) is 0 Å².